The summed E-state index contributed by atoms with van der Waals surface area (Å²) in [6.07, 6.45) is 4.18. The molecule has 0 spiro atoms. The minimum absolute atomic E-state index is 0.148. The van der Waals surface area contributed by atoms with Gasteiger partial charge in [-0.15, -0.1) is 20.4 Å². The van der Waals surface area contributed by atoms with Gasteiger partial charge < -0.3 is 19.3 Å². The number of ether oxygens (including phenoxy) is 3. The van der Waals surface area contributed by atoms with Crippen LogP contribution in [-0.4, -0.2) is 51.4 Å². The summed E-state index contributed by atoms with van der Waals surface area (Å²) >= 11 is 0. The molecule has 2 aliphatic heterocycles. The van der Waals surface area contributed by atoms with Gasteiger partial charge in [-0.05, 0) is 18.9 Å². The molecule has 4 rings (SSSR count). The zero-order valence-electron chi connectivity index (χ0n) is 11.7. The van der Waals surface area contributed by atoms with E-state index in [1.165, 1.54) is 0 Å². The Balaban J connectivity index is 1.74. The summed E-state index contributed by atoms with van der Waals surface area (Å²) in [5.41, 5.74) is 2.13. The van der Waals surface area contributed by atoms with Crippen LogP contribution < -0.4 is 14.2 Å². The number of aliphatic hydroxyl groups is 1. The lowest BCUT2D eigenvalue weighted by Crippen LogP contribution is -2.33. The van der Waals surface area contributed by atoms with Gasteiger partial charge in [0.25, 0.3) is 5.88 Å². The van der Waals surface area contributed by atoms with Gasteiger partial charge in [0.2, 0.25) is 5.88 Å². The molecule has 8 heteroatoms. The van der Waals surface area contributed by atoms with Gasteiger partial charge >= 0.3 is 0 Å². The number of hydrogen-bond acceptors (Lipinski definition) is 8. The fourth-order valence-electron chi connectivity index (χ4n) is 2.44. The van der Waals surface area contributed by atoms with Crippen LogP contribution in [0.15, 0.2) is 6.07 Å². The summed E-state index contributed by atoms with van der Waals surface area (Å²) in [6.45, 7) is 0.751. The zero-order chi connectivity index (χ0) is 14.9. The highest BCUT2D eigenvalue weighted by Crippen LogP contribution is 2.38. The van der Waals surface area contributed by atoms with Crippen molar-refractivity contribution >= 4 is 0 Å². The summed E-state index contributed by atoms with van der Waals surface area (Å²) < 4.78 is 16.6. The molecule has 0 amide bonds. The average Bonchev–Trinajstić information content (AvgIpc) is 2.60. The topological polar surface area (TPSA) is 99.5 Å². The predicted octanol–water partition coefficient (Wildman–Crippen LogP) is 0.191. The number of hydrogen-bond donors (Lipinski definition) is 1. The van der Waals surface area contributed by atoms with Crippen LogP contribution in [0.2, 0.25) is 0 Å². The van der Waals surface area contributed by atoms with Crippen LogP contribution in [0.3, 0.4) is 0 Å². The van der Waals surface area contributed by atoms with E-state index in [4.69, 9.17) is 19.3 Å². The third kappa shape index (κ3) is 2.21. The Morgan fingerprint density at radius 1 is 1.23 bits per heavy atom. The van der Waals surface area contributed by atoms with E-state index in [9.17, 15) is 0 Å². The Hall–Kier alpha value is -2.48. The van der Waals surface area contributed by atoms with Gasteiger partial charge in [0.1, 0.15) is 12.8 Å². The molecule has 1 atom stereocenters. The molecule has 1 unspecified atom stereocenters. The van der Waals surface area contributed by atoms with E-state index in [-0.39, 0.29) is 19.1 Å². The van der Waals surface area contributed by atoms with E-state index in [1.807, 2.05) is 6.07 Å². The fraction of sp³-hybridized carbons (Fsp3) is 0.429. The van der Waals surface area contributed by atoms with E-state index >= 15 is 0 Å². The van der Waals surface area contributed by atoms with E-state index < -0.39 is 6.10 Å². The van der Waals surface area contributed by atoms with Crippen molar-refractivity contribution in [3.05, 3.63) is 17.8 Å². The summed E-state index contributed by atoms with van der Waals surface area (Å²) in [6, 6.07) is 1.90. The van der Waals surface area contributed by atoms with Crippen LogP contribution in [0.4, 0.5) is 0 Å². The smallest absolute Gasteiger partial charge is 0.277 e. The number of aryl methyl sites for hydroxylation is 1. The van der Waals surface area contributed by atoms with Crippen molar-refractivity contribution in [1.82, 2.24) is 20.4 Å². The molecular weight excluding hydrogens is 288 g/mol. The molecule has 1 N–H and O–H groups in total. The van der Waals surface area contributed by atoms with E-state index in [1.54, 1.807) is 0 Å². The maximum absolute atomic E-state index is 9.14. The second-order valence-corrected chi connectivity index (χ2v) is 5.07. The Morgan fingerprint density at radius 3 is 3.09 bits per heavy atom. The highest BCUT2D eigenvalue weighted by atomic mass is 16.6. The Bertz CT molecular complexity index is 709. The quantitative estimate of drug-likeness (QED) is 0.839. The highest BCUT2D eigenvalue weighted by molar-refractivity contribution is 5.68. The standard InChI is InChI=1S/C14H13N4O4/c19-6-9-7-21-12-10(5-15-17-14(12)22-9)11-4-8-2-1-3-20-13(8)18-16-11/h4,9,19H,1-3,6-7H2. The van der Waals surface area contributed by atoms with Crippen molar-refractivity contribution in [2.45, 2.75) is 18.9 Å². The molecule has 2 aromatic heterocycles. The first kappa shape index (κ1) is 13.2. The van der Waals surface area contributed by atoms with Gasteiger partial charge in [0, 0.05) is 5.56 Å². The van der Waals surface area contributed by atoms with Crippen LogP contribution in [0.5, 0.6) is 17.5 Å². The molecule has 0 fully saturated rings. The van der Waals surface area contributed by atoms with Crippen molar-refractivity contribution < 1.29 is 19.3 Å². The van der Waals surface area contributed by atoms with Crippen molar-refractivity contribution in [3.8, 4) is 28.8 Å². The lowest BCUT2D eigenvalue weighted by atomic mass is 10.1. The first-order valence-electron chi connectivity index (χ1n) is 7.03. The van der Waals surface area contributed by atoms with Crippen LogP contribution >= 0.6 is 0 Å². The monoisotopic (exact) mass is 301 g/mol. The molecule has 2 aliphatic rings. The molecule has 0 bridgehead atoms. The Kier molecular flexibility index (Phi) is 3.23. The molecule has 4 heterocycles. The average molecular weight is 301 g/mol. The number of aromatic nitrogens is 4. The summed E-state index contributed by atoms with van der Waals surface area (Å²) in [5, 5.41) is 25.0. The third-order valence-electron chi connectivity index (χ3n) is 3.54. The first-order chi connectivity index (χ1) is 10.8. The van der Waals surface area contributed by atoms with Gasteiger partial charge in [-0.1, -0.05) is 0 Å². The number of rotatable bonds is 2. The maximum Gasteiger partial charge on any atom is 0.277 e. The molecule has 0 aliphatic carbocycles. The summed E-state index contributed by atoms with van der Waals surface area (Å²) in [7, 11) is 0. The Morgan fingerprint density at radius 2 is 2.18 bits per heavy atom. The minimum atomic E-state index is -0.444. The van der Waals surface area contributed by atoms with Gasteiger partial charge in [-0.25, -0.2) is 0 Å². The third-order valence-corrected chi connectivity index (χ3v) is 3.54. The van der Waals surface area contributed by atoms with Gasteiger partial charge in [0.05, 0.1) is 24.5 Å². The number of fused-ring (bicyclic) bond motifs is 2. The molecule has 0 saturated heterocycles. The molecule has 113 valence electrons. The molecule has 2 aromatic rings. The van der Waals surface area contributed by atoms with Crippen molar-refractivity contribution in [1.29, 1.82) is 0 Å². The number of aliphatic hydroxyl groups excluding tert-OH is 1. The highest BCUT2D eigenvalue weighted by Gasteiger charge is 2.27. The largest absolute Gasteiger partial charge is 0.483 e. The second-order valence-electron chi connectivity index (χ2n) is 5.07. The van der Waals surface area contributed by atoms with E-state index in [2.05, 4.69) is 26.6 Å². The van der Waals surface area contributed by atoms with E-state index in [0.717, 1.165) is 18.4 Å². The van der Waals surface area contributed by atoms with Crippen molar-refractivity contribution in [2.24, 2.45) is 0 Å². The van der Waals surface area contributed by atoms with Crippen LogP contribution in [0.25, 0.3) is 11.3 Å². The maximum atomic E-state index is 9.14. The molecular formula is C14H13N4O4. The van der Waals surface area contributed by atoms with Crippen LogP contribution in [0, 0.1) is 6.20 Å². The van der Waals surface area contributed by atoms with Gasteiger partial charge in [-0.3, -0.25) is 0 Å². The first-order valence-corrected chi connectivity index (χ1v) is 7.03. The number of nitrogens with zero attached hydrogens (tertiary/aromatic N) is 4. The minimum Gasteiger partial charge on any atom is -0.483 e. The summed E-state index contributed by atoms with van der Waals surface area (Å²) in [5.74, 6) is 1.23. The van der Waals surface area contributed by atoms with Gasteiger partial charge in [-0.2, -0.15) is 0 Å². The lowest BCUT2D eigenvalue weighted by Gasteiger charge is -2.24. The molecule has 1 radical (unpaired) electrons. The van der Waals surface area contributed by atoms with Crippen LogP contribution in [0.1, 0.15) is 12.0 Å². The molecule has 8 nitrogen and oxygen atoms in total. The van der Waals surface area contributed by atoms with Gasteiger partial charge in [0.15, 0.2) is 11.9 Å². The summed E-state index contributed by atoms with van der Waals surface area (Å²) in [4.78, 5) is 0. The molecule has 0 aromatic carbocycles. The predicted molar refractivity (Wildman–Crippen MR) is 72.7 cm³/mol. The zero-order valence-corrected chi connectivity index (χ0v) is 11.7. The van der Waals surface area contributed by atoms with Crippen LogP contribution in [-0.2, 0) is 6.42 Å². The SMILES string of the molecule is OCC1COc2c(-c3cc4c(nn3)OCCC4)[c]nnc2O1. The van der Waals surface area contributed by atoms with E-state index in [0.29, 0.717) is 29.5 Å². The Labute approximate surface area is 126 Å². The normalized spacial score (nSPS) is 19.2. The lowest BCUT2D eigenvalue weighted by molar-refractivity contribution is 0.0404. The molecule has 0 saturated carbocycles. The molecule has 22 heavy (non-hydrogen) atoms. The fourth-order valence-corrected chi connectivity index (χ4v) is 2.44. The van der Waals surface area contributed by atoms with Crippen molar-refractivity contribution in [2.75, 3.05) is 19.8 Å². The second kappa shape index (κ2) is 5.38. The van der Waals surface area contributed by atoms with Crippen molar-refractivity contribution in [3.63, 3.8) is 0 Å².